The maximum absolute atomic E-state index is 11.8. The Kier molecular flexibility index (Phi) is 3.90. The van der Waals surface area contributed by atoms with E-state index in [0.29, 0.717) is 17.2 Å². The first-order valence-corrected chi connectivity index (χ1v) is 9.31. The van der Waals surface area contributed by atoms with Gasteiger partial charge in [0.25, 0.3) is 5.22 Å². The number of nitrogens with one attached hydrogen (secondary N) is 1. The van der Waals surface area contributed by atoms with Gasteiger partial charge in [-0.1, -0.05) is 23.9 Å². The molecule has 1 N–H and O–H groups in total. The third kappa shape index (κ3) is 3.56. The van der Waals surface area contributed by atoms with Crippen LogP contribution in [-0.2, 0) is 14.6 Å². The molecule has 0 spiro atoms. The van der Waals surface area contributed by atoms with Crippen molar-refractivity contribution in [3.05, 3.63) is 24.3 Å². The van der Waals surface area contributed by atoms with Crippen molar-refractivity contribution in [2.24, 2.45) is 0 Å². The number of rotatable bonds is 4. The third-order valence-corrected chi connectivity index (χ3v) is 5.79. The summed E-state index contributed by atoms with van der Waals surface area (Å²) in [6.07, 6.45) is 0.488. The Morgan fingerprint density at radius 1 is 1.43 bits per heavy atom. The van der Waals surface area contributed by atoms with E-state index in [9.17, 15) is 13.2 Å². The van der Waals surface area contributed by atoms with Crippen LogP contribution in [0, 0.1) is 0 Å². The van der Waals surface area contributed by atoms with Gasteiger partial charge in [0.05, 0.1) is 17.3 Å². The second-order valence-corrected chi connectivity index (χ2v) is 8.06. The molecule has 0 saturated carbocycles. The summed E-state index contributed by atoms with van der Waals surface area (Å²) in [5.74, 6) is 0.135. The third-order valence-electron chi connectivity index (χ3n) is 3.20. The Balaban J connectivity index is 1.54. The number of hydrogen-bond acceptors (Lipinski definition) is 6. The lowest BCUT2D eigenvalue weighted by Crippen LogP contribution is -2.36. The molecular formula is C13H14N2O4S2. The van der Waals surface area contributed by atoms with Crippen LogP contribution in [0.5, 0.6) is 0 Å². The monoisotopic (exact) mass is 326 g/mol. The van der Waals surface area contributed by atoms with E-state index < -0.39 is 9.84 Å². The standard InChI is InChI=1S/C13H14N2O4S2/c16-12(14-9-5-6-21(17,18)8-9)7-20-13-15-10-3-1-2-4-11(10)19-13/h1-4,9H,5-8H2,(H,14,16)/t9-/m0/s1. The summed E-state index contributed by atoms with van der Waals surface area (Å²) in [6, 6.07) is 7.11. The smallest absolute Gasteiger partial charge is 0.257 e. The van der Waals surface area contributed by atoms with Crippen LogP contribution in [0.15, 0.2) is 33.9 Å². The highest BCUT2D eigenvalue weighted by Gasteiger charge is 2.28. The molecule has 0 radical (unpaired) electrons. The van der Waals surface area contributed by atoms with Crippen LogP contribution in [-0.4, -0.2) is 42.6 Å². The van der Waals surface area contributed by atoms with Gasteiger partial charge in [-0.25, -0.2) is 13.4 Å². The van der Waals surface area contributed by atoms with Crippen molar-refractivity contribution in [1.82, 2.24) is 10.3 Å². The van der Waals surface area contributed by atoms with Crippen LogP contribution in [0.4, 0.5) is 0 Å². The largest absolute Gasteiger partial charge is 0.431 e. The Labute approximate surface area is 126 Å². The zero-order chi connectivity index (χ0) is 14.9. The molecule has 8 heteroatoms. The molecule has 1 amide bonds. The highest BCUT2D eigenvalue weighted by Crippen LogP contribution is 2.23. The number of benzene rings is 1. The lowest BCUT2D eigenvalue weighted by atomic mass is 10.3. The van der Waals surface area contributed by atoms with Crippen molar-refractivity contribution in [3.8, 4) is 0 Å². The molecule has 1 atom stereocenters. The van der Waals surface area contributed by atoms with Gasteiger partial charge in [0.15, 0.2) is 15.4 Å². The van der Waals surface area contributed by atoms with Crippen molar-refractivity contribution < 1.29 is 17.6 Å². The maximum atomic E-state index is 11.8. The summed E-state index contributed by atoms with van der Waals surface area (Å²) in [7, 11) is -2.98. The number of hydrogen-bond donors (Lipinski definition) is 1. The lowest BCUT2D eigenvalue weighted by molar-refractivity contribution is -0.119. The maximum Gasteiger partial charge on any atom is 0.257 e. The molecule has 21 heavy (non-hydrogen) atoms. The van der Waals surface area contributed by atoms with Crippen LogP contribution in [0.2, 0.25) is 0 Å². The van der Waals surface area contributed by atoms with Crippen LogP contribution < -0.4 is 5.32 Å². The molecule has 2 aromatic rings. The van der Waals surface area contributed by atoms with E-state index in [1.807, 2.05) is 24.3 Å². The fraction of sp³-hybridized carbons (Fsp3) is 0.385. The average molecular weight is 326 g/mol. The molecular weight excluding hydrogens is 312 g/mol. The van der Waals surface area contributed by atoms with Crippen molar-refractivity contribution >= 4 is 38.6 Å². The summed E-state index contributed by atoms with van der Waals surface area (Å²) in [4.78, 5) is 16.1. The molecule has 6 nitrogen and oxygen atoms in total. The Hall–Kier alpha value is -1.54. The quantitative estimate of drug-likeness (QED) is 0.850. The predicted molar refractivity (Wildman–Crippen MR) is 79.9 cm³/mol. The number of oxazole rings is 1. The van der Waals surface area contributed by atoms with E-state index >= 15 is 0 Å². The first kappa shape index (κ1) is 14.4. The van der Waals surface area contributed by atoms with Gasteiger partial charge in [0.1, 0.15) is 5.52 Å². The summed E-state index contributed by atoms with van der Waals surface area (Å²) in [5.41, 5.74) is 1.43. The number of sulfone groups is 1. The first-order valence-electron chi connectivity index (χ1n) is 6.50. The Bertz CT molecular complexity index is 736. The summed E-state index contributed by atoms with van der Waals surface area (Å²) >= 11 is 1.20. The minimum absolute atomic E-state index is 0.0340. The van der Waals surface area contributed by atoms with Gasteiger partial charge in [-0.15, -0.1) is 0 Å². The summed E-state index contributed by atoms with van der Waals surface area (Å²) in [6.45, 7) is 0. The number of fused-ring (bicyclic) bond motifs is 1. The van der Waals surface area contributed by atoms with Crippen LogP contribution in [0.1, 0.15) is 6.42 Å². The topological polar surface area (TPSA) is 89.3 Å². The first-order chi connectivity index (χ1) is 10.0. The number of thioether (sulfide) groups is 1. The minimum atomic E-state index is -2.98. The van der Waals surface area contributed by atoms with Crippen LogP contribution in [0.25, 0.3) is 11.1 Å². The number of carbonyl (C=O) groups excluding carboxylic acids is 1. The fourth-order valence-corrected chi connectivity index (χ4v) is 4.54. The molecule has 0 unspecified atom stereocenters. The Morgan fingerprint density at radius 2 is 2.24 bits per heavy atom. The second-order valence-electron chi connectivity index (χ2n) is 4.90. The number of amides is 1. The molecule has 0 aliphatic carbocycles. The molecule has 0 bridgehead atoms. The predicted octanol–water partition coefficient (Wildman–Crippen LogP) is 1.22. The van der Waals surface area contributed by atoms with E-state index in [1.165, 1.54) is 11.8 Å². The van der Waals surface area contributed by atoms with Crippen molar-refractivity contribution in [2.45, 2.75) is 17.7 Å². The van der Waals surface area contributed by atoms with E-state index in [0.717, 1.165) is 5.52 Å². The zero-order valence-corrected chi connectivity index (χ0v) is 12.7. The van der Waals surface area contributed by atoms with Gasteiger partial charge in [0, 0.05) is 6.04 Å². The molecule has 1 aliphatic heterocycles. The van der Waals surface area contributed by atoms with Gasteiger partial charge in [0.2, 0.25) is 5.91 Å². The molecule has 1 aromatic heterocycles. The molecule has 1 aliphatic rings. The van der Waals surface area contributed by atoms with Gasteiger partial charge >= 0.3 is 0 Å². The highest BCUT2D eigenvalue weighted by atomic mass is 32.2. The number of aromatic nitrogens is 1. The Morgan fingerprint density at radius 3 is 2.95 bits per heavy atom. The van der Waals surface area contributed by atoms with Gasteiger partial charge in [-0.3, -0.25) is 4.79 Å². The molecule has 2 heterocycles. The van der Waals surface area contributed by atoms with E-state index in [2.05, 4.69) is 10.3 Å². The van der Waals surface area contributed by atoms with Crippen LogP contribution >= 0.6 is 11.8 Å². The molecule has 1 fully saturated rings. The van der Waals surface area contributed by atoms with Crippen molar-refractivity contribution in [1.29, 1.82) is 0 Å². The fourth-order valence-electron chi connectivity index (χ4n) is 2.22. The number of para-hydroxylation sites is 2. The van der Waals surface area contributed by atoms with E-state index in [4.69, 9.17) is 4.42 Å². The van der Waals surface area contributed by atoms with E-state index in [-0.39, 0.29) is 29.2 Å². The van der Waals surface area contributed by atoms with Crippen molar-refractivity contribution in [3.63, 3.8) is 0 Å². The SMILES string of the molecule is O=C(CSc1nc2ccccc2o1)N[C@H]1CCS(=O)(=O)C1. The zero-order valence-electron chi connectivity index (χ0n) is 11.1. The molecule has 112 valence electrons. The van der Waals surface area contributed by atoms with Crippen molar-refractivity contribution in [2.75, 3.05) is 17.3 Å². The molecule has 1 aromatic carbocycles. The highest BCUT2D eigenvalue weighted by molar-refractivity contribution is 7.99. The average Bonchev–Trinajstić information content (AvgIpc) is 2.99. The number of carbonyl (C=O) groups is 1. The number of nitrogens with zero attached hydrogens (tertiary/aromatic N) is 1. The van der Waals surface area contributed by atoms with Gasteiger partial charge in [-0.2, -0.15) is 0 Å². The lowest BCUT2D eigenvalue weighted by Gasteiger charge is -2.09. The van der Waals surface area contributed by atoms with E-state index in [1.54, 1.807) is 0 Å². The second kappa shape index (κ2) is 5.69. The normalized spacial score (nSPS) is 20.7. The van der Waals surface area contributed by atoms with Crippen LogP contribution in [0.3, 0.4) is 0 Å². The minimum Gasteiger partial charge on any atom is -0.431 e. The summed E-state index contributed by atoms with van der Waals surface area (Å²) < 4.78 is 28.1. The molecule has 1 saturated heterocycles. The van der Waals surface area contributed by atoms with Gasteiger partial charge in [-0.05, 0) is 18.6 Å². The summed E-state index contributed by atoms with van der Waals surface area (Å²) in [5, 5.41) is 3.17. The van der Waals surface area contributed by atoms with Gasteiger partial charge < -0.3 is 9.73 Å². The molecule has 3 rings (SSSR count).